The van der Waals surface area contributed by atoms with Gasteiger partial charge in [-0.25, -0.2) is 0 Å². The van der Waals surface area contributed by atoms with Crippen LogP contribution in [0.5, 0.6) is 0 Å². The van der Waals surface area contributed by atoms with Gasteiger partial charge >= 0.3 is 0 Å². The van der Waals surface area contributed by atoms with Crippen LogP contribution in [0.15, 0.2) is 53.4 Å². The lowest BCUT2D eigenvalue weighted by molar-refractivity contribution is -0.130. The molecule has 1 unspecified atom stereocenters. The highest BCUT2D eigenvalue weighted by atomic mass is 32.1. The average Bonchev–Trinajstić information content (AvgIpc) is 3.17. The highest BCUT2D eigenvalue weighted by Gasteiger charge is 2.43. The van der Waals surface area contributed by atoms with Gasteiger partial charge in [-0.15, -0.1) is 11.3 Å². The van der Waals surface area contributed by atoms with Gasteiger partial charge in [0.25, 0.3) is 5.91 Å². The summed E-state index contributed by atoms with van der Waals surface area (Å²) in [6.07, 6.45) is 3.55. The summed E-state index contributed by atoms with van der Waals surface area (Å²) < 4.78 is 0. The molecule has 1 N–H and O–H groups in total. The zero-order chi connectivity index (χ0) is 18.0. The maximum Gasteiger partial charge on any atom is 0.290 e. The Morgan fingerprint density at radius 1 is 1.32 bits per heavy atom. The highest BCUT2D eigenvalue weighted by Crippen LogP contribution is 2.39. The van der Waals surface area contributed by atoms with E-state index in [2.05, 4.69) is 4.98 Å². The molecule has 2 aromatic rings. The first kappa shape index (κ1) is 17.4. The lowest BCUT2D eigenvalue weighted by atomic mass is 9.92. The fourth-order valence-corrected chi connectivity index (χ4v) is 3.75. The maximum absolute atomic E-state index is 12.7. The van der Waals surface area contributed by atoms with Crippen molar-refractivity contribution in [1.29, 1.82) is 0 Å². The van der Waals surface area contributed by atoms with Crippen molar-refractivity contribution in [3.05, 3.63) is 63.8 Å². The number of pyridine rings is 1. The standard InChI is InChI=1S/C19H20N2O3S/c1-12(2)10-15(22)16-17(13-5-7-20-8-6-13)21(19(24)18(16)23)11-14-4-3-9-25-14/h3-9,12,17,23H,10-11H2,1-2H3. The summed E-state index contributed by atoms with van der Waals surface area (Å²) in [6.45, 7) is 4.24. The topological polar surface area (TPSA) is 70.5 Å². The molecule has 130 valence electrons. The Morgan fingerprint density at radius 3 is 2.64 bits per heavy atom. The van der Waals surface area contributed by atoms with Crippen LogP contribution in [0.25, 0.3) is 0 Å². The van der Waals surface area contributed by atoms with E-state index in [0.29, 0.717) is 13.0 Å². The first-order valence-electron chi connectivity index (χ1n) is 8.18. The normalized spacial score (nSPS) is 17.6. The Hall–Kier alpha value is -2.47. The van der Waals surface area contributed by atoms with Gasteiger partial charge in [-0.1, -0.05) is 19.9 Å². The second kappa shape index (κ2) is 7.19. The van der Waals surface area contributed by atoms with Crippen LogP contribution in [0.1, 0.15) is 36.8 Å². The van der Waals surface area contributed by atoms with Crippen molar-refractivity contribution in [3.8, 4) is 0 Å². The number of carbonyl (C=O) groups is 2. The molecule has 3 rings (SSSR count). The third-order valence-electron chi connectivity index (χ3n) is 4.13. The molecule has 25 heavy (non-hydrogen) atoms. The molecule has 2 aromatic heterocycles. The minimum absolute atomic E-state index is 0.146. The van der Waals surface area contributed by atoms with Crippen LogP contribution in [0.3, 0.4) is 0 Å². The number of hydrogen-bond donors (Lipinski definition) is 1. The van der Waals surface area contributed by atoms with Gasteiger partial charge in [0.15, 0.2) is 11.5 Å². The predicted octanol–water partition coefficient (Wildman–Crippen LogP) is 3.65. The summed E-state index contributed by atoms with van der Waals surface area (Å²) in [6, 6.07) is 6.83. The number of rotatable bonds is 6. The molecule has 1 atom stereocenters. The quantitative estimate of drug-likeness (QED) is 0.857. The van der Waals surface area contributed by atoms with Crippen LogP contribution in [-0.4, -0.2) is 26.7 Å². The van der Waals surface area contributed by atoms with Crippen molar-refractivity contribution >= 4 is 23.0 Å². The largest absolute Gasteiger partial charge is 0.503 e. The maximum atomic E-state index is 12.7. The van der Waals surface area contributed by atoms with Gasteiger partial charge < -0.3 is 10.0 Å². The average molecular weight is 356 g/mol. The number of aliphatic hydroxyl groups excluding tert-OH is 1. The fourth-order valence-electron chi connectivity index (χ4n) is 3.04. The number of nitrogens with zero attached hydrogens (tertiary/aromatic N) is 2. The highest BCUT2D eigenvalue weighted by molar-refractivity contribution is 7.09. The summed E-state index contributed by atoms with van der Waals surface area (Å²) in [5.74, 6) is -0.963. The van der Waals surface area contributed by atoms with Crippen LogP contribution in [0.4, 0.5) is 0 Å². The second-order valence-electron chi connectivity index (χ2n) is 6.48. The first-order chi connectivity index (χ1) is 12.0. The molecule has 0 fully saturated rings. The van der Waals surface area contributed by atoms with Gasteiger partial charge in [0.1, 0.15) is 0 Å². The number of aromatic nitrogens is 1. The van der Waals surface area contributed by atoms with Crippen LogP contribution < -0.4 is 0 Å². The summed E-state index contributed by atoms with van der Waals surface area (Å²) in [5.41, 5.74) is 0.970. The van der Waals surface area contributed by atoms with Crippen LogP contribution in [0.2, 0.25) is 0 Å². The van der Waals surface area contributed by atoms with Crippen LogP contribution in [0, 0.1) is 5.92 Å². The third kappa shape index (κ3) is 3.49. The summed E-state index contributed by atoms with van der Waals surface area (Å²) in [4.78, 5) is 32.0. The molecule has 5 nitrogen and oxygen atoms in total. The Bertz CT molecular complexity index is 797. The lowest BCUT2D eigenvalue weighted by Gasteiger charge is -2.26. The molecule has 1 aliphatic heterocycles. The number of amides is 1. The zero-order valence-corrected chi connectivity index (χ0v) is 15.0. The molecule has 6 heteroatoms. The molecular weight excluding hydrogens is 336 g/mol. The van der Waals surface area contributed by atoms with Crippen molar-refractivity contribution in [3.63, 3.8) is 0 Å². The van der Waals surface area contributed by atoms with E-state index in [-0.39, 0.29) is 17.3 Å². The van der Waals surface area contributed by atoms with Crippen LogP contribution in [-0.2, 0) is 16.1 Å². The molecule has 1 aliphatic rings. The third-order valence-corrected chi connectivity index (χ3v) is 4.99. The van der Waals surface area contributed by atoms with Crippen molar-refractivity contribution in [1.82, 2.24) is 9.88 Å². The van der Waals surface area contributed by atoms with Crippen molar-refractivity contribution in [2.75, 3.05) is 0 Å². The molecular formula is C19H20N2O3S. The molecule has 0 saturated heterocycles. The number of aliphatic hydroxyl groups is 1. The van der Waals surface area contributed by atoms with Crippen molar-refractivity contribution in [2.45, 2.75) is 32.9 Å². The monoisotopic (exact) mass is 356 g/mol. The molecule has 3 heterocycles. The van der Waals surface area contributed by atoms with Gasteiger partial charge in [0.2, 0.25) is 0 Å². The van der Waals surface area contributed by atoms with E-state index in [0.717, 1.165) is 10.4 Å². The Balaban J connectivity index is 2.02. The van der Waals surface area contributed by atoms with E-state index in [9.17, 15) is 14.7 Å². The molecule has 1 amide bonds. The van der Waals surface area contributed by atoms with Gasteiger partial charge in [-0.2, -0.15) is 0 Å². The van der Waals surface area contributed by atoms with E-state index in [1.54, 1.807) is 29.4 Å². The Morgan fingerprint density at radius 2 is 2.04 bits per heavy atom. The number of Topliss-reactive ketones (excluding diaryl/α,β-unsaturated/α-hetero) is 1. The van der Waals surface area contributed by atoms with E-state index in [4.69, 9.17) is 0 Å². The Kier molecular flexibility index (Phi) is 4.99. The van der Waals surface area contributed by atoms with E-state index < -0.39 is 17.7 Å². The SMILES string of the molecule is CC(C)CC(=O)C1=C(O)C(=O)N(Cc2cccs2)C1c1ccncc1. The smallest absolute Gasteiger partial charge is 0.290 e. The summed E-state index contributed by atoms with van der Waals surface area (Å²) >= 11 is 1.54. The number of carbonyl (C=O) groups excluding carboxylic acids is 2. The molecule has 0 aliphatic carbocycles. The van der Waals surface area contributed by atoms with E-state index in [1.807, 2.05) is 31.4 Å². The summed E-state index contributed by atoms with van der Waals surface area (Å²) in [7, 11) is 0. The van der Waals surface area contributed by atoms with Gasteiger partial charge in [0.05, 0.1) is 18.2 Å². The Labute approximate surface area is 150 Å². The van der Waals surface area contributed by atoms with Gasteiger partial charge in [-0.05, 0) is 35.1 Å². The van der Waals surface area contributed by atoms with Crippen molar-refractivity contribution in [2.24, 2.45) is 5.92 Å². The molecule has 0 aromatic carbocycles. The minimum atomic E-state index is -0.580. The molecule has 0 radical (unpaired) electrons. The molecule has 0 saturated carbocycles. The van der Waals surface area contributed by atoms with Crippen molar-refractivity contribution < 1.29 is 14.7 Å². The molecule has 0 spiro atoms. The number of ketones is 1. The second-order valence-corrected chi connectivity index (χ2v) is 7.51. The van der Waals surface area contributed by atoms with E-state index in [1.165, 1.54) is 11.3 Å². The van der Waals surface area contributed by atoms with Gasteiger partial charge in [-0.3, -0.25) is 14.6 Å². The minimum Gasteiger partial charge on any atom is -0.503 e. The molecule has 0 bridgehead atoms. The van der Waals surface area contributed by atoms with Crippen LogP contribution >= 0.6 is 11.3 Å². The number of thiophene rings is 1. The van der Waals surface area contributed by atoms with Gasteiger partial charge in [0, 0.05) is 23.7 Å². The number of hydrogen-bond acceptors (Lipinski definition) is 5. The fraction of sp³-hybridized carbons (Fsp3) is 0.316. The predicted molar refractivity (Wildman–Crippen MR) is 96.0 cm³/mol. The zero-order valence-electron chi connectivity index (χ0n) is 14.2. The lowest BCUT2D eigenvalue weighted by Crippen LogP contribution is -2.30. The van der Waals surface area contributed by atoms with E-state index >= 15 is 0 Å². The summed E-state index contributed by atoms with van der Waals surface area (Å²) in [5, 5.41) is 12.4. The first-order valence-corrected chi connectivity index (χ1v) is 9.06.